The fourth-order valence-electron chi connectivity index (χ4n) is 7.65. The summed E-state index contributed by atoms with van der Waals surface area (Å²) in [5, 5.41) is 23.2. The number of sulfone groups is 1. The number of phenolic OH excluding ortho intramolecular Hbond substituents is 1. The molecule has 2 heterocycles. The fraction of sp³-hybridized carbons (Fsp3) is 0.283. The van der Waals surface area contributed by atoms with E-state index in [9.17, 15) is 27.9 Å². The van der Waals surface area contributed by atoms with E-state index in [0.29, 0.717) is 52.3 Å². The van der Waals surface area contributed by atoms with Gasteiger partial charge in [-0.15, -0.1) is 0 Å². The summed E-state index contributed by atoms with van der Waals surface area (Å²) in [4.78, 5) is 42.7. The van der Waals surface area contributed by atoms with Gasteiger partial charge >= 0.3 is 0 Å². The third-order valence-corrected chi connectivity index (χ3v) is 18.8. The zero-order chi connectivity index (χ0) is 50.7. The lowest BCUT2D eigenvalue weighted by Crippen LogP contribution is -2.44. The second-order valence-electron chi connectivity index (χ2n) is 18.8. The number of aromatic hydroxyl groups is 1. The van der Waals surface area contributed by atoms with Crippen LogP contribution >= 0.6 is 0 Å². The number of fused-ring (bicyclic) bond motifs is 2. The SMILES string of the molecule is COc1cccc(Nc2c(C(N)=O)cnc3c(C)cc(S(=O)(=O)c4cccc(C(=O)Nc5ccc(C#CC[C@@H](C)NCC(O[Si](C)(C)C(C)(C)C)c6ccc(O)c7c6OCC(=O)N7)cc5C)c4)cc23)c1. The van der Waals surface area contributed by atoms with Gasteiger partial charge in [0.15, 0.2) is 20.7 Å². The van der Waals surface area contributed by atoms with Crippen molar-refractivity contribution in [1.82, 2.24) is 10.3 Å². The molecule has 0 saturated heterocycles. The Morgan fingerprint density at radius 2 is 1.74 bits per heavy atom. The summed E-state index contributed by atoms with van der Waals surface area (Å²) in [6.07, 6.45) is 1.43. The predicted molar refractivity (Wildman–Crippen MR) is 275 cm³/mol. The zero-order valence-electron chi connectivity index (χ0n) is 40.7. The molecule has 0 saturated carbocycles. The minimum absolute atomic E-state index is 0.0399. The van der Waals surface area contributed by atoms with Crippen LogP contribution < -0.4 is 36.5 Å². The number of rotatable bonds is 15. The molecule has 0 aliphatic carbocycles. The molecule has 1 aliphatic rings. The summed E-state index contributed by atoms with van der Waals surface area (Å²) < 4.78 is 46.7. The molecule has 0 radical (unpaired) electrons. The first-order chi connectivity index (χ1) is 33.1. The largest absolute Gasteiger partial charge is 0.506 e. The highest BCUT2D eigenvalue weighted by molar-refractivity contribution is 7.91. The average Bonchev–Trinajstić information content (AvgIpc) is 3.31. The Labute approximate surface area is 409 Å². The standard InChI is InChI=1S/C53H58N6O9SSi/c1-31-23-34(14-10-13-33(3)55-29-45(68-70(8,9)53(4,5)6)40-20-22-44(60)49-50(40)67-30-46(61)59-49)19-21-43(31)58-52(63)35-15-11-18-38(25-35)69(64,65)39-24-32(2)47-41(27-39)48(42(28-56-47)51(54)62)57-36-16-12-17-37(26-36)66-7/h11-12,15-28,33,45,55,60H,13,29-30H2,1-9H3,(H2,54,62)(H,56,57)(H,58,63)(H,59,61)/t33-,45?/m1/s1. The third-order valence-electron chi connectivity index (χ3n) is 12.6. The molecule has 3 amide bonds. The van der Waals surface area contributed by atoms with Crippen LogP contribution in [0.5, 0.6) is 17.2 Å². The molecule has 364 valence electrons. The summed E-state index contributed by atoms with van der Waals surface area (Å²) in [5.74, 6) is 5.77. The molecule has 2 atom stereocenters. The van der Waals surface area contributed by atoms with Crippen LogP contribution in [0.2, 0.25) is 18.1 Å². The molecular formula is C53H58N6O9SSi. The summed E-state index contributed by atoms with van der Waals surface area (Å²) in [5.41, 5.74) is 10.8. The maximum absolute atomic E-state index is 14.3. The van der Waals surface area contributed by atoms with Gasteiger partial charge in [0.2, 0.25) is 9.84 Å². The van der Waals surface area contributed by atoms with Crippen molar-refractivity contribution in [3.8, 4) is 29.1 Å². The summed E-state index contributed by atoms with van der Waals surface area (Å²) >= 11 is 0. The lowest BCUT2D eigenvalue weighted by molar-refractivity contribution is -0.118. The summed E-state index contributed by atoms with van der Waals surface area (Å²) in [7, 11) is -4.97. The van der Waals surface area contributed by atoms with E-state index in [2.05, 4.69) is 72.0 Å². The van der Waals surface area contributed by atoms with Crippen LogP contribution in [-0.2, 0) is 19.1 Å². The Bertz CT molecular complexity index is 3210. The number of carbonyl (C=O) groups is 3. The molecule has 15 nitrogen and oxygen atoms in total. The van der Waals surface area contributed by atoms with Gasteiger partial charge in [0.05, 0.1) is 39.8 Å². The van der Waals surface area contributed by atoms with Crippen molar-refractivity contribution >= 4 is 69.5 Å². The van der Waals surface area contributed by atoms with Gasteiger partial charge < -0.3 is 46.0 Å². The molecule has 0 bridgehead atoms. The summed E-state index contributed by atoms with van der Waals surface area (Å²) in [6.45, 7) is 16.7. The Balaban J connectivity index is 1.04. The molecule has 1 aliphatic heterocycles. The molecular weight excluding hydrogens is 925 g/mol. The lowest BCUT2D eigenvalue weighted by atomic mass is 10.0. The van der Waals surface area contributed by atoms with Crippen molar-refractivity contribution in [3.05, 3.63) is 131 Å². The van der Waals surface area contributed by atoms with Crippen LogP contribution in [0.3, 0.4) is 0 Å². The molecule has 7 N–H and O–H groups in total. The van der Waals surface area contributed by atoms with Crippen molar-refractivity contribution < 1.29 is 41.8 Å². The Morgan fingerprint density at radius 3 is 2.46 bits per heavy atom. The number of ether oxygens (including phenoxy) is 2. The Hall–Kier alpha value is -7.23. The Morgan fingerprint density at radius 1 is 0.986 bits per heavy atom. The normalized spacial score (nSPS) is 13.5. The number of aryl methyl sites for hydroxylation is 2. The second kappa shape index (κ2) is 20.4. The van der Waals surface area contributed by atoms with Gasteiger partial charge in [0.25, 0.3) is 17.7 Å². The number of nitrogens with one attached hydrogen (secondary N) is 4. The number of primary amides is 1. The van der Waals surface area contributed by atoms with Gasteiger partial charge in [-0.05, 0) is 123 Å². The number of hydrogen-bond acceptors (Lipinski definition) is 12. The van der Waals surface area contributed by atoms with Crippen LogP contribution in [0.15, 0.2) is 107 Å². The van der Waals surface area contributed by atoms with Crippen LogP contribution in [0.4, 0.5) is 22.7 Å². The first-order valence-electron chi connectivity index (χ1n) is 22.7. The molecule has 17 heteroatoms. The van der Waals surface area contributed by atoms with Crippen molar-refractivity contribution in [2.24, 2.45) is 5.73 Å². The second-order valence-corrected chi connectivity index (χ2v) is 25.5. The number of aromatic nitrogens is 1. The van der Waals surface area contributed by atoms with Crippen molar-refractivity contribution in [2.45, 2.75) is 88.0 Å². The van der Waals surface area contributed by atoms with Crippen LogP contribution in [0.1, 0.15) is 83.2 Å². The van der Waals surface area contributed by atoms with Gasteiger partial charge in [0, 0.05) is 64.7 Å². The number of phenols is 1. The molecule has 0 spiro atoms. The zero-order valence-corrected chi connectivity index (χ0v) is 42.5. The van der Waals surface area contributed by atoms with E-state index in [1.807, 2.05) is 26.0 Å². The molecule has 1 aromatic heterocycles. The lowest BCUT2D eigenvalue weighted by Gasteiger charge is -2.40. The van der Waals surface area contributed by atoms with Crippen LogP contribution in [0.25, 0.3) is 10.9 Å². The number of hydrogen-bond donors (Lipinski definition) is 6. The predicted octanol–water partition coefficient (Wildman–Crippen LogP) is 9.31. The van der Waals surface area contributed by atoms with Gasteiger partial charge in [-0.2, -0.15) is 0 Å². The highest BCUT2D eigenvalue weighted by atomic mass is 32.2. The molecule has 6 aromatic rings. The smallest absolute Gasteiger partial charge is 0.262 e. The van der Waals surface area contributed by atoms with Gasteiger partial charge in [0.1, 0.15) is 17.2 Å². The van der Waals surface area contributed by atoms with E-state index in [1.165, 1.54) is 49.7 Å². The van der Waals surface area contributed by atoms with E-state index in [-0.39, 0.29) is 61.6 Å². The van der Waals surface area contributed by atoms with E-state index in [0.717, 1.165) is 16.7 Å². The monoisotopic (exact) mass is 982 g/mol. The maximum Gasteiger partial charge on any atom is 0.262 e. The number of anilines is 4. The fourth-order valence-corrected chi connectivity index (χ4v) is 10.3. The van der Waals surface area contributed by atoms with E-state index < -0.39 is 36.1 Å². The molecule has 1 unspecified atom stereocenters. The highest BCUT2D eigenvalue weighted by Crippen LogP contribution is 2.46. The number of benzene rings is 5. The van der Waals surface area contributed by atoms with Gasteiger partial charge in [-0.3, -0.25) is 19.4 Å². The summed E-state index contributed by atoms with van der Waals surface area (Å²) in [6, 6.07) is 24.5. The number of amides is 3. The van der Waals surface area contributed by atoms with E-state index >= 15 is 0 Å². The molecule has 0 fully saturated rings. The van der Waals surface area contributed by atoms with E-state index in [1.54, 1.807) is 49.4 Å². The highest BCUT2D eigenvalue weighted by Gasteiger charge is 2.41. The van der Waals surface area contributed by atoms with Crippen molar-refractivity contribution in [2.75, 3.05) is 36.2 Å². The van der Waals surface area contributed by atoms with Gasteiger partial charge in [-0.1, -0.05) is 44.7 Å². The van der Waals surface area contributed by atoms with E-state index in [4.69, 9.17) is 19.6 Å². The molecule has 70 heavy (non-hydrogen) atoms. The third kappa shape index (κ3) is 11.1. The quantitative estimate of drug-likeness (QED) is 0.0322. The first-order valence-corrected chi connectivity index (χ1v) is 27.1. The maximum atomic E-state index is 14.3. The number of methoxy groups -OCH3 is 1. The van der Waals surface area contributed by atoms with Crippen LogP contribution in [-0.4, -0.2) is 70.9 Å². The van der Waals surface area contributed by atoms with Gasteiger partial charge in [-0.25, -0.2) is 8.42 Å². The van der Waals surface area contributed by atoms with Crippen LogP contribution in [0, 0.1) is 25.7 Å². The Kier molecular flexibility index (Phi) is 14.7. The number of pyridine rings is 1. The average molecular weight is 983 g/mol. The number of nitrogens with zero attached hydrogens (tertiary/aromatic N) is 1. The first kappa shape index (κ1) is 50.6. The molecule has 5 aromatic carbocycles. The topological polar surface area (TPSA) is 220 Å². The minimum Gasteiger partial charge on any atom is -0.506 e. The number of nitrogens with two attached hydrogens (primary N) is 1. The number of carbonyl (C=O) groups excluding carboxylic acids is 3. The minimum atomic E-state index is -4.21. The van der Waals surface area contributed by atoms with Crippen molar-refractivity contribution in [1.29, 1.82) is 0 Å². The van der Waals surface area contributed by atoms with Crippen molar-refractivity contribution in [3.63, 3.8) is 0 Å². The molecule has 7 rings (SSSR count).